The van der Waals surface area contributed by atoms with E-state index in [1.165, 1.54) is 12.1 Å². The van der Waals surface area contributed by atoms with Gasteiger partial charge in [0.25, 0.3) is 0 Å². The highest BCUT2D eigenvalue weighted by molar-refractivity contribution is 6.30. The summed E-state index contributed by atoms with van der Waals surface area (Å²) >= 11 is 5.75. The van der Waals surface area contributed by atoms with Crippen LogP contribution in [-0.4, -0.2) is 12.6 Å². The highest BCUT2D eigenvalue weighted by Crippen LogP contribution is 2.14. The molecule has 0 aliphatic heterocycles. The lowest BCUT2D eigenvalue weighted by Gasteiger charge is -2.11. The summed E-state index contributed by atoms with van der Waals surface area (Å²) in [6.07, 6.45) is 0. The fourth-order valence-electron chi connectivity index (χ4n) is 1.05. The lowest BCUT2D eigenvalue weighted by molar-refractivity contribution is 0.533. The summed E-state index contributed by atoms with van der Waals surface area (Å²) < 4.78 is 13.2. The van der Waals surface area contributed by atoms with E-state index in [0.717, 1.165) is 0 Å². The molecule has 0 fully saturated rings. The standard InChI is InChI=1S/C10H14ClFN2/c1-7(5-13)14-6-8-4-9(11)2-3-10(8)12/h2-4,7,14H,5-6,13H2,1H3/t7-/m0/s1. The molecule has 1 aromatic rings. The van der Waals surface area contributed by atoms with Crippen LogP contribution in [0.25, 0.3) is 0 Å². The third-order valence-electron chi connectivity index (χ3n) is 2.00. The van der Waals surface area contributed by atoms with Crippen LogP contribution in [0.1, 0.15) is 12.5 Å². The van der Waals surface area contributed by atoms with E-state index in [0.29, 0.717) is 23.7 Å². The van der Waals surface area contributed by atoms with Crippen LogP contribution in [0.3, 0.4) is 0 Å². The van der Waals surface area contributed by atoms with Gasteiger partial charge in [0.2, 0.25) is 0 Å². The predicted molar refractivity (Wildman–Crippen MR) is 56.8 cm³/mol. The third kappa shape index (κ3) is 3.25. The lowest BCUT2D eigenvalue weighted by atomic mass is 10.2. The number of benzene rings is 1. The fraction of sp³-hybridized carbons (Fsp3) is 0.400. The first-order valence-corrected chi connectivity index (χ1v) is 4.88. The fourth-order valence-corrected chi connectivity index (χ4v) is 1.24. The van der Waals surface area contributed by atoms with Gasteiger partial charge in [-0.05, 0) is 25.1 Å². The number of hydrogen-bond donors (Lipinski definition) is 2. The molecule has 0 radical (unpaired) electrons. The van der Waals surface area contributed by atoms with Crippen molar-refractivity contribution in [2.45, 2.75) is 19.5 Å². The van der Waals surface area contributed by atoms with Crippen LogP contribution in [0, 0.1) is 5.82 Å². The van der Waals surface area contributed by atoms with E-state index >= 15 is 0 Å². The minimum Gasteiger partial charge on any atom is -0.329 e. The summed E-state index contributed by atoms with van der Waals surface area (Å²) in [7, 11) is 0. The molecule has 1 atom stereocenters. The summed E-state index contributed by atoms with van der Waals surface area (Å²) in [4.78, 5) is 0. The largest absolute Gasteiger partial charge is 0.329 e. The highest BCUT2D eigenvalue weighted by Gasteiger charge is 2.04. The molecule has 78 valence electrons. The van der Waals surface area contributed by atoms with Gasteiger partial charge < -0.3 is 11.1 Å². The minimum atomic E-state index is -0.244. The van der Waals surface area contributed by atoms with Crippen LogP contribution in [0.15, 0.2) is 18.2 Å². The smallest absolute Gasteiger partial charge is 0.127 e. The molecule has 0 aliphatic carbocycles. The zero-order chi connectivity index (χ0) is 10.6. The van der Waals surface area contributed by atoms with Gasteiger partial charge in [-0.15, -0.1) is 0 Å². The Balaban J connectivity index is 2.62. The van der Waals surface area contributed by atoms with Crippen molar-refractivity contribution in [3.05, 3.63) is 34.6 Å². The molecule has 3 N–H and O–H groups in total. The molecule has 0 aromatic heterocycles. The Bertz CT molecular complexity index is 304. The molecule has 2 nitrogen and oxygen atoms in total. The first-order chi connectivity index (χ1) is 6.63. The highest BCUT2D eigenvalue weighted by atomic mass is 35.5. The third-order valence-corrected chi connectivity index (χ3v) is 2.24. The van der Waals surface area contributed by atoms with Crippen molar-refractivity contribution < 1.29 is 4.39 Å². The van der Waals surface area contributed by atoms with Crippen LogP contribution in [0.2, 0.25) is 5.02 Å². The Morgan fingerprint density at radius 1 is 1.57 bits per heavy atom. The maximum atomic E-state index is 13.2. The second-order valence-electron chi connectivity index (χ2n) is 3.25. The first kappa shape index (κ1) is 11.4. The average Bonchev–Trinajstić information content (AvgIpc) is 2.19. The van der Waals surface area contributed by atoms with Crippen molar-refractivity contribution in [3.63, 3.8) is 0 Å². The zero-order valence-electron chi connectivity index (χ0n) is 8.06. The summed E-state index contributed by atoms with van der Waals surface area (Å²) in [6, 6.07) is 4.69. The number of nitrogens with two attached hydrogens (primary N) is 1. The van der Waals surface area contributed by atoms with Gasteiger partial charge in [0.15, 0.2) is 0 Å². The van der Waals surface area contributed by atoms with Gasteiger partial charge in [-0.1, -0.05) is 11.6 Å². The van der Waals surface area contributed by atoms with E-state index in [4.69, 9.17) is 17.3 Å². The van der Waals surface area contributed by atoms with Crippen LogP contribution < -0.4 is 11.1 Å². The molecule has 0 amide bonds. The van der Waals surface area contributed by atoms with Crippen molar-refractivity contribution in [2.75, 3.05) is 6.54 Å². The van der Waals surface area contributed by atoms with Crippen LogP contribution in [0.5, 0.6) is 0 Å². The van der Waals surface area contributed by atoms with Gasteiger partial charge in [-0.25, -0.2) is 4.39 Å². The van der Waals surface area contributed by atoms with Crippen molar-refractivity contribution in [1.29, 1.82) is 0 Å². The Morgan fingerprint density at radius 3 is 2.93 bits per heavy atom. The number of hydrogen-bond acceptors (Lipinski definition) is 2. The summed E-state index contributed by atoms with van der Waals surface area (Å²) in [5.41, 5.74) is 5.99. The molecule has 0 aliphatic rings. The van der Waals surface area contributed by atoms with Gasteiger partial charge in [-0.3, -0.25) is 0 Å². The maximum absolute atomic E-state index is 13.2. The molecule has 0 heterocycles. The average molecular weight is 217 g/mol. The van der Waals surface area contributed by atoms with E-state index in [1.807, 2.05) is 6.92 Å². The molecule has 0 saturated heterocycles. The Morgan fingerprint density at radius 2 is 2.29 bits per heavy atom. The van der Waals surface area contributed by atoms with Crippen LogP contribution in [-0.2, 0) is 6.54 Å². The van der Waals surface area contributed by atoms with Gasteiger partial charge in [0.1, 0.15) is 5.82 Å². The Kier molecular flexibility index (Phi) is 4.32. The summed E-state index contributed by atoms with van der Waals surface area (Å²) in [5.74, 6) is -0.244. The predicted octanol–water partition coefficient (Wildman–Crippen LogP) is 1.92. The molecule has 0 spiro atoms. The molecule has 4 heteroatoms. The molecule has 1 aromatic carbocycles. The van der Waals surface area contributed by atoms with E-state index in [2.05, 4.69) is 5.32 Å². The van der Waals surface area contributed by atoms with E-state index < -0.39 is 0 Å². The second-order valence-corrected chi connectivity index (χ2v) is 3.69. The molecule has 0 saturated carbocycles. The molecule has 1 rings (SSSR count). The first-order valence-electron chi connectivity index (χ1n) is 4.51. The molecular weight excluding hydrogens is 203 g/mol. The normalized spacial score (nSPS) is 12.9. The number of nitrogens with one attached hydrogen (secondary N) is 1. The Hall–Kier alpha value is -0.640. The second kappa shape index (κ2) is 5.29. The van der Waals surface area contributed by atoms with Gasteiger partial charge >= 0.3 is 0 Å². The molecule has 14 heavy (non-hydrogen) atoms. The number of halogens is 2. The lowest BCUT2D eigenvalue weighted by Crippen LogP contribution is -2.32. The molecular formula is C10H14ClFN2. The summed E-state index contributed by atoms with van der Waals surface area (Å²) in [5, 5.41) is 3.64. The van der Waals surface area contributed by atoms with E-state index in [-0.39, 0.29) is 11.9 Å². The van der Waals surface area contributed by atoms with Crippen molar-refractivity contribution in [1.82, 2.24) is 5.32 Å². The van der Waals surface area contributed by atoms with Crippen LogP contribution in [0.4, 0.5) is 4.39 Å². The van der Waals surface area contributed by atoms with Crippen molar-refractivity contribution in [3.8, 4) is 0 Å². The monoisotopic (exact) mass is 216 g/mol. The van der Waals surface area contributed by atoms with E-state index in [9.17, 15) is 4.39 Å². The molecule has 0 unspecified atom stereocenters. The zero-order valence-corrected chi connectivity index (χ0v) is 8.81. The quantitative estimate of drug-likeness (QED) is 0.807. The topological polar surface area (TPSA) is 38.0 Å². The van der Waals surface area contributed by atoms with Gasteiger partial charge in [0.05, 0.1) is 0 Å². The van der Waals surface area contributed by atoms with Gasteiger partial charge in [-0.2, -0.15) is 0 Å². The Labute approximate surface area is 88.2 Å². The van der Waals surface area contributed by atoms with Crippen molar-refractivity contribution in [2.24, 2.45) is 5.73 Å². The summed E-state index contributed by atoms with van der Waals surface area (Å²) in [6.45, 7) is 2.93. The van der Waals surface area contributed by atoms with E-state index in [1.54, 1.807) is 6.07 Å². The minimum absolute atomic E-state index is 0.174. The SMILES string of the molecule is C[C@@H](CN)NCc1cc(Cl)ccc1F. The maximum Gasteiger partial charge on any atom is 0.127 e. The van der Waals surface area contributed by atoms with Gasteiger partial charge in [0, 0.05) is 29.7 Å². The number of rotatable bonds is 4. The van der Waals surface area contributed by atoms with Crippen LogP contribution >= 0.6 is 11.6 Å². The molecule has 0 bridgehead atoms. The van der Waals surface area contributed by atoms with Crippen molar-refractivity contribution >= 4 is 11.6 Å².